The van der Waals surface area contributed by atoms with Gasteiger partial charge in [0.25, 0.3) is 5.91 Å². The molecule has 31 heavy (non-hydrogen) atoms. The summed E-state index contributed by atoms with van der Waals surface area (Å²) in [7, 11) is 0. The molecule has 2 aliphatic rings. The lowest BCUT2D eigenvalue weighted by Crippen LogP contribution is -2.63. The Balaban J connectivity index is 1.65. The van der Waals surface area contributed by atoms with Crippen LogP contribution in [-0.2, 0) is 25.6 Å². The molecular weight excluding hydrogens is 484 g/mol. The van der Waals surface area contributed by atoms with Crippen LogP contribution in [0.5, 0.6) is 0 Å². The maximum absolute atomic E-state index is 12.7. The van der Waals surface area contributed by atoms with Gasteiger partial charge in [0.2, 0.25) is 12.3 Å². The Morgan fingerprint density at radius 2 is 2.16 bits per heavy atom. The minimum absolute atomic E-state index is 0.0866. The number of aliphatic carboxylic acids is 1. The van der Waals surface area contributed by atoms with Gasteiger partial charge in [-0.3, -0.25) is 19.3 Å². The summed E-state index contributed by atoms with van der Waals surface area (Å²) in [5.41, 5.74) is 0.361. The van der Waals surface area contributed by atoms with E-state index in [1.807, 2.05) is 0 Å². The molecule has 0 spiro atoms. The number of thioether (sulfide) groups is 1. The van der Waals surface area contributed by atoms with E-state index < -0.39 is 28.5 Å². The Hall–Kier alpha value is -2.75. The number of carboxylic acids is 1. The molecule has 160 valence electrons. The molecule has 2 aliphatic heterocycles. The zero-order valence-corrected chi connectivity index (χ0v) is 18.8. The zero-order chi connectivity index (χ0) is 22.3. The third-order valence-corrected chi connectivity index (χ3v) is 7.81. The van der Waals surface area contributed by atoms with Crippen LogP contribution < -0.4 is 10.6 Å². The molecule has 11 nitrogen and oxygen atoms in total. The van der Waals surface area contributed by atoms with Gasteiger partial charge in [0.1, 0.15) is 31.3 Å². The Kier molecular flexibility index (Phi) is 5.83. The van der Waals surface area contributed by atoms with Crippen molar-refractivity contribution in [2.45, 2.75) is 24.1 Å². The van der Waals surface area contributed by atoms with E-state index in [2.05, 4.69) is 25.8 Å². The smallest absolute Gasteiger partial charge is 0.353 e. The predicted octanol–water partition coefficient (Wildman–Crippen LogP) is 0.637. The Morgan fingerprint density at radius 1 is 1.39 bits per heavy atom. The second kappa shape index (κ2) is 8.41. The van der Waals surface area contributed by atoms with Gasteiger partial charge in [-0.1, -0.05) is 23.6 Å². The van der Waals surface area contributed by atoms with Gasteiger partial charge in [-0.05, 0) is 6.92 Å². The minimum atomic E-state index is -1.33. The van der Waals surface area contributed by atoms with Gasteiger partial charge in [-0.25, -0.2) is 9.78 Å². The van der Waals surface area contributed by atoms with Crippen molar-refractivity contribution in [3.8, 4) is 0 Å². The number of thiazole rings is 1. The van der Waals surface area contributed by atoms with Crippen molar-refractivity contribution < 1.29 is 24.3 Å². The molecular formula is C16H12N6O5S4. The van der Waals surface area contributed by atoms with Gasteiger partial charge < -0.3 is 15.7 Å². The first-order valence-corrected chi connectivity index (χ1v) is 11.6. The summed E-state index contributed by atoms with van der Waals surface area (Å²) in [6.45, 7) is 1.71. The molecule has 4 heterocycles. The molecule has 1 saturated heterocycles. The fourth-order valence-corrected chi connectivity index (χ4v) is 6.23. The molecule has 4 rings (SSSR count). The molecule has 1 unspecified atom stereocenters. The van der Waals surface area contributed by atoms with Crippen LogP contribution in [0, 0.1) is 6.92 Å². The molecule has 2 atom stereocenters. The molecule has 0 bridgehead atoms. The first-order valence-electron chi connectivity index (χ1n) is 8.55. The number of nitrogens with one attached hydrogen (secondary N) is 2. The van der Waals surface area contributed by atoms with Crippen LogP contribution in [0.15, 0.2) is 11.1 Å². The number of nitrogens with zero attached hydrogens (tertiary/aromatic N) is 4. The highest BCUT2D eigenvalue weighted by molar-refractivity contribution is 8.03. The maximum atomic E-state index is 12.7. The van der Waals surface area contributed by atoms with Crippen LogP contribution in [0.25, 0.3) is 5.57 Å². The van der Waals surface area contributed by atoms with E-state index in [0.717, 1.165) is 28.0 Å². The lowest BCUT2D eigenvalue weighted by Gasteiger charge is -2.46. The Labute approximate surface area is 191 Å². The number of hydrogen-bond acceptors (Lipinski definition) is 11. The number of aryl methyl sites for hydroxylation is 1. The molecule has 0 saturated carbocycles. The number of fused-ring (bicyclic) bond motifs is 1. The number of thiocarbonyl (C=S) groups is 1. The average molecular weight is 497 g/mol. The van der Waals surface area contributed by atoms with Crippen LogP contribution in [0.3, 0.4) is 0 Å². The highest BCUT2D eigenvalue weighted by Crippen LogP contribution is 2.46. The van der Waals surface area contributed by atoms with E-state index in [1.54, 1.807) is 12.3 Å². The molecule has 2 aromatic heterocycles. The van der Waals surface area contributed by atoms with Gasteiger partial charge in [-0.2, -0.15) is 0 Å². The summed E-state index contributed by atoms with van der Waals surface area (Å²) in [4.78, 5) is 52.8. The maximum Gasteiger partial charge on any atom is 0.353 e. The quantitative estimate of drug-likeness (QED) is 0.282. The molecule has 0 aliphatic carbocycles. The first kappa shape index (κ1) is 21.5. The number of anilines is 1. The fourth-order valence-electron chi connectivity index (χ4n) is 2.98. The van der Waals surface area contributed by atoms with Crippen LogP contribution in [-0.4, -0.2) is 65.0 Å². The number of carbonyl (C=O) groups is 4. The normalized spacial score (nSPS) is 20.2. The summed E-state index contributed by atoms with van der Waals surface area (Å²) in [5.74, 6) is -2.30. The Morgan fingerprint density at radius 3 is 2.81 bits per heavy atom. The number of aromatic nitrogens is 3. The second-order valence-corrected chi connectivity index (χ2v) is 9.92. The molecule has 15 heteroatoms. The SMILES string of the molecule is Cc1nnc(C2=C(C(=O)O)N3C(=O)C(=S)[C@@H]3SC2NC(=O)Cc2csc(NC=O)n2)s1. The van der Waals surface area contributed by atoms with E-state index in [9.17, 15) is 24.3 Å². The standard InChI is InChI=1S/C16H12N6O5S4/c1-5-20-21-12(30-5)8-9(15(26)27)22-13(25)10(28)14(22)31-11(8)19-7(24)2-6-3-29-16(18-6)17-4-23/h3-4,11,14H,2H2,1H3,(H,19,24)(H,26,27)(H,17,18,23)/t11?,14-/m0/s1. The van der Waals surface area contributed by atoms with Crippen molar-refractivity contribution in [1.82, 2.24) is 25.4 Å². The highest BCUT2D eigenvalue weighted by Gasteiger charge is 2.53. The minimum Gasteiger partial charge on any atom is -0.477 e. The molecule has 0 radical (unpaired) electrons. The van der Waals surface area contributed by atoms with Crippen molar-refractivity contribution in [2.75, 3.05) is 5.32 Å². The van der Waals surface area contributed by atoms with Gasteiger partial charge >= 0.3 is 5.97 Å². The monoisotopic (exact) mass is 496 g/mol. The second-order valence-electron chi connectivity index (χ2n) is 6.25. The van der Waals surface area contributed by atoms with E-state index in [0.29, 0.717) is 27.3 Å². The topological polar surface area (TPSA) is 154 Å². The average Bonchev–Trinajstić information content (AvgIpc) is 3.35. The van der Waals surface area contributed by atoms with Crippen molar-refractivity contribution in [3.63, 3.8) is 0 Å². The van der Waals surface area contributed by atoms with E-state index >= 15 is 0 Å². The zero-order valence-electron chi connectivity index (χ0n) is 15.5. The summed E-state index contributed by atoms with van der Waals surface area (Å²) >= 11 is 8.58. The lowest BCUT2D eigenvalue weighted by atomic mass is 10.1. The predicted molar refractivity (Wildman–Crippen MR) is 117 cm³/mol. The van der Waals surface area contributed by atoms with Gasteiger partial charge in [-0.15, -0.1) is 33.3 Å². The summed E-state index contributed by atoms with van der Waals surface area (Å²) in [5, 5.41) is 24.4. The van der Waals surface area contributed by atoms with Crippen LogP contribution in [0.4, 0.5) is 5.13 Å². The highest BCUT2D eigenvalue weighted by atomic mass is 32.2. The number of β-lactam (4-membered cyclic amide) rings is 1. The van der Waals surface area contributed by atoms with Crippen molar-refractivity contribution in [1.29, 1.82) is 0 Å². The van der Waals surface area contributed by atoms with Crippen LogP contribution in [0.2, 0.25) is 0 Å². The van der Waals surface area contributed by atoms with Crippen molar-refractivity contribution in [3.05, 3.63) is 26.8 Å². The summed E-state index contributed by atoms with van der Waals surface area (Å²) < 4.78 is 0. The Bertz CT molecular complexity index is 1160. The van der Waals surface area contributed by atoms with Gasteiger partial charge in [0.05, 0.1) is 17.7 Å². The van der Waals surface area contributed by atoms with Crippen LogP contribution in [0.1, 0.15) is 15.7 Å². The molecule has 0 aromatic carbocycles. The van der Waals surface area contributed by atoms with E-state index in [1.165, 1.54) is 11.3 Å². The lowest BCUT2D eigenvalue weighted by molar-refractivity contribution is -0.138. The van der Waals surface area contributed by atoms with Crippen molar-refractivity contribution >= 4 is 86.4 Å². The summed E-state index contributed by atoms with van der Waals surface area (Å²) in [6.07, 6.45) is 0.404. The number of rotatable bonds is 7. The van der Waals surface area contributed by atoms with Gasteiger partial charge in [0, 0.05) is 5.38 Å². The number of carboxylic acid groups (broad SMARTS) is 1. The molecule has 3 amide bonds. The number of amides is 3. The summed E-state index contributed by atoms with van der Waals surface area (Å²) in [6, 6.07) is 0. The largest absolute Gasteiger partial charge is 0.477 e. The molecule has 2 aromatic rings. The molecule has 3 N–H and O–H groups in total. The van der Waals surface area contributed by atoms with E-state index in [4.69, 9.17) is 12.2 Å². The fraction of sp³-hybridized carbons (Fsp3) is 0.250. The number of hydrogen-bond donors (Lipinski definition) is 3. The van der Waals surface area contributed by atoms with Gasteiger partial charge in [0.15, 0.2) is 5.13 Å². The van der Waals surface area contributed by atoms with Crippen molar-refractivity contribution in [2.24, 2.45) is 0 Å². The number of carbonyl (C=O) groups excluding carboxylic acids is 3. The molecule has 1 fully saturated rings. The van der Waals surface area contributed by atoms with E-state index in [-0.39, 0.29) is 22.6 Å². The third kappa shape index (κ3) is 3.96. The first-order chi connectivity index (χ1) is 14.8. The third-order valence-electron chi connectivity index (χ3n) is 4.24. The van der Waals surface area contributed by atoms with Crippen LogP contribution >= 0.6 is 46.7 Å².